The molecule has 7 nitrogen and oxygen atoms in total. The van der Waals surface area contributed by atoms with Crippen LogP contribution < -0.4 is 10.4 Å². The number of nitrogens with one attached hydrogen (secondary N) is 1. The smallest absolute Gasteiger partial charge is 0.333 e. The molecule has 5 rings (SSSR count). The molecule has 0 amide bonds. The van der Waals surface area contributed by atoms with Gasteiger partial charge in [-0.3, -0.25) is 9.55 Å². The fraction of sp³-hybridized carbons (Fsp3) is 0.0870. The Hall–Kier alpha value is -4.13. The second-order valence-corrected chi connectivity index (χ2v) is 7.01. The van der Waals surface area contributed by atoms with E-state index in [1.807, 2.05) is 54.9 Å². The molecule has 0 aliphatic carbocycles. The van der Waals surface area contributed by atoms with Crippen molar-refractivity contribution in [3.63, 3.8) is 0 Å². The van der Waals surface area contributed by atoms with Crippen molar-refractivity contribution in [2.24, 2.45) is 7.05 Å². The van der Waals surface area contributed by atoms with Gasteiger partial charge in [0.05, 0.1) is 24.2 Å². The summed E-state index contributed by atoms with van der Waals surface area (Å²) in [7, 11) is 3.34. The molecule has 0 unspecified atom stereocenters. The number of pyridine rings is 2. The highest BCUT2D eigenvalue weighted by Crippen LogP contribution is 2.27. The van der Waals surface area contributed by atoms with Crippen LogP contribution in [0.3, 0.4) is 0 Å². The van der Waals surface area contributed by atoms with Gasteiger partial charge in [0, 0.05) is 48.9 Å². The zero-order chi connectivity index (χ0) is 20.7. The molecular weight excluding hydrogens is 378 g/mol. The van der Waals surface area contributed by atoms with Gasteiger partial charge >= 0.3 is 5.69 Å². The number of H-pyrrole nitrogens is 1. The van der Waals surface area contributed by atoms with Crippen LogP contribution in [0.4, 0.5) is 0 Å². The maximum Gasteiger partial charge on any atom is 0.333 e. The summed E-state index contributed by atoms with van der Waals surface area (Å²) < 4.78 is 8.52. The van der Waals surface area contributed by atoms with Crippen molar-refractivity contribution in [1.29, 1.82) is 0 Å². The molecule has 5 aromatic rings. The van der Waals surface area contributed by atoms with Gasteiger partial charge in [-0.2, -0.15) is 0 Å². The first kappa shape index (κ1) is 17.9. The average Bonchev–Trinajstić information content (AvgIpc) is 3.37. The van der Waals surface area contributed by atoms with E-state index in [0.29, 0.717) is 17.1 Å². The normalized spacial score (nSPS) is 11.1. The van der Waals surface area contributed by atoms with E-state index >= 15 is 0 Å². The third-order valence-electron chi connectivity index (χ3n) is 5.12. The molecule has 0 atom stereocenters. The standard InChI is InChI=1S/C23H19N5O2/c1-27-14-21(28(23(27)29)18-4-3-5-19(12-18)30-2)20-11-15(6-8-24-20)17-10-16-7-9-25-22(16)26-13-17/h3-14H,1-2H3,(H,25,26). The average molecular weight is 397 g/mol. The Labute approximate surface area is 172 Å². The van der Waals surface area contributed by atoms with E-state index in [1.54, 1.807) is 35.7 Å². The quantitative estimate of drug-likeness (QED) is 0.501. The number of benzene rings is 1. The van der Waals surface area contributed by atoms with Crippen molar-refractivity contribution in [3.05, 3.63) is 83.8 Å². The summed E-state index contributed by atoms with van der Waals surface area (Å²) in [6.07, 6.45) is 7.25. The first-order valence-corrected chi connectivity index (χ1v) is 9.47. The first-order valence-electron chi connectivity index (χ1n) is 9.47. The maximum atomic E-state index is 12.9. The lowest BCUT2D eigenvalue weighted by molar-refractivity contribution is 0.414. The van der Waals surface area contributed by atoms with Crippen LogP contribution in [-0.2, 0) is 7.05 Å². The Kier molecular flexibility index (Phi) is 4.21. The number of ether oxygens (including phenoxy) is 1. The summed E-state index contributed by atoms with van der Waals surface area (Å²) in [4.78, 5) is 25.0. The molecule has 4 aromatic heterocycles. The highest BCUT2D eigenvalue weighted by molar-refractivity contribution is 5.82. The number of hydrogen-bond acceptors (Lipinski definition) is 4. The predicted octanol–water partition coefficient (Wildman–Crippen LogP) is 3.79. The second kappa shape index (κ2) is 7.04. The van der Waals surface area contributed by atoms with E-state index in [4.69, 9.17) is 4.74 Å². The molecule has 0 saturated carbocycles. The van der Waals surface area contributed by atoms with Crippen molar-refractivity contribution >= 4 is 11.0 Å². The molecule has 30 heavy (non-hydrogen) atoms. The lowest BCUT2D eigenvalue weighted by atomic mass is 10.1. The van der Waals surface area contributed by atoms with E-state index < -0.39 is 0 Å². The van der Waals surface area contributed by atoms with Crippen molar-refractivity contribution < 1.29 is 4.74 Å². The Bertz CT molecular complexity index is 1430. The van der Waals surface area contributed by atoms with E-state index in [1.165, 1.54) is 0 Å². The molecule has 148 valence electrons. The Morgan fingerprint density at radius 2 is 1.93 bits per heavy atom. The summed E-state index contributed by atoms with van der Waals surface area (Å²) in [5, 5.41) is 1.04. The zero-order valence-electron chi connectivity index (χ0n) is 16.5. The number of aromatic nitrogens is 5. The van der Waals surface area contributed by atoms with Crippen molar-refractivity contribution in [1.82, 2.24) is 24.1 Å². The van der Waals surface area contributed by atoms with Crippen LogP contribution in [0.2, 0.25) is 0 Å². The van der Waals surface area contributed by atoms with Crippen molar-refractivity contribution in [3.8, 4) is 34.0 Å². The number of aromatic amines is 1. The van der Waals surface area contributed by atoms with E-state index in [-0.39, 0.29) is 5.69 Å². The van der Waals surface area contributed by atoms with Crippen LogP contribution in [0.1, 0.15) is 0 Å². The molecular formula is C23H19N5O2. The Morgan fingerprint density at radius 3 is 2.80 bits per heavy atom. The Balaban J connectivity index is 1.65. The monoisotopic (exact) mass is 397 g/mol. The molecule has 0 radical (unpaired) electrons. The fourth-order valence-corrected chi connectivity index (χ4v) is 3.58. The van der Waals surface area contributed by atoms with Gasteiger partial charge in [-0.1, -0.05) is 6.07 Å². The second-order valence-electron chi connectivity index (χ2n) is 7.01. The minimum absolute atomic E-state index is 0.152. The van der Waals surface area contributed by atoms with Crippen LogP contribution >= 0.6 is 0 Å². The molecule has 1 N–H and O–H groups in total. The highest BCUT2D eigenvalue weighted by Gasteiger charge is 2.15. The number of imidazole rings is 1. The first-order chi connectivity index (χ1) is 14.6. The van der Waals surface area contributed by atoms with Gasteiger partial charge in [0.1, 0.15) is 11.4 Å². The predicted molar refractivity (Wildman–Crippen MR) is 116 cm³/mol. The summed E-state index contributed by atoms with van der Waals surface area (Å²) in [5.74, 6) is 0.682. The lowest BCUT2D eigenvalue weighted by Crippen LogP contribution is -2.21. The minimum Gasteiger partial charge on any atom is -0.497 e. The molecule has 0 fully saturated rings. The SMILES string of the molecule is COc1cccc(-n2c(-c3cc(-c4cnc5[nH]ccc5c4)ccn3)cn(C)c2=O)c1. The van der Waals surface area contributed by atoms with Crippen molar-refractivity contribution in [2.75, 3.05) is 7.11 Å². The van der Waals surface area contributed by atoms with Crippen LogP contribution in [0.25, 0.3) is 39.2 Å². The number of aryl methyl sites for hydroxylation is 1. The molecule has 0 saturated heterocycles. The molecule has 0 aliphatic rings. The molecule has 4 heterocycles. The van der Waals surface area contributed by atoms with Crippen molar-refractivity contribution in [2.45, 2.75) is 0 Å². The number of hydrogen-bond donors (Lipinski definition) is 1. The third-order valence-corrected chi connectivity index (χ3v) is 5.12. The number of methoxy groups -OCH3 is 1. The van der Waals surface area contributed by atoms with Crippen LogP contribution in [0.15, 0.2) is 78.1 Å². The lowest BCUT2D eigenvalue weighted by Gasteiger charge is -2.10. The molecule has 0 spiro atoms. The van der Waals surface area contributed by atoms with E-state index in [2.05, 4.69) is 21.0 Å². The fourth-order valence-electron chi connectivity index (χ4n) is 3.58. The van der Waals surface area contributed by atoms with Gasteiger partial charge < -0.3 is 14.3 Å². The van der Waals surface area contributed by atoms with Crippen LogP contribution in [0.5, 0.6) is 5.75 Å². The minimum atomic E-state index is -0.152. The zero-order valence-corrected chi connectivity index (χ0v) is 16.5. The number of nitrogens with zero attached hydrogens (tertiary/aromatic N) is 4. The van der Waals surface area contributed by atoms with Gasteiger partial charge in [0.15, 0.2) is 0 Å². The topological polar surface area (TPSA) is 77.7 Å². The largest absolute Gasteiger partial charge is 0.497 e. The van der Waals surface area contributed by atoms with E-state index in [0.717, 1.165) is 27.8 Å². The van der Waals surface area contributed by atoms with Gasteiger partial charge in [-0.25, -0.2) is 9.78 Å². The number of fused-ring (bicyclic) bond motifs is 1. The Morgan fingerprint density at radius 1 is 1.03 bits per heavy atom. The van der Waals surface area contributed by atoms with Crippen LogP contribution in [0, 0.1) is 0 Å². The highest BCUT2D eigenvalue weighted by atomic mass is 16.5. The summed E-state index contributed by atoms with van der Waals surface area (Å²) in [5.41, 5.74) is 4.78. The molecule has 1 aromatic carbocycles. The summed E-state index contributed by atoms with van der Waals surface area (Å²) >= 11 is 0. The summed E-state index contributed by atoms with van der Waals surface area (Å²) in [6, 6.07) is 15.4. The summed E-state index contributed by atoms with van der Waals surface area (Å²) in [6.45, 7) is 0. The molecule has 0 aliphatic heterocycles. The number of rotatable bonds is 4. The van der Waals surface area contributed by atoms with Gasteiger partial charge in [0.2, 0.25) is 0 Å². The maximum absolute atomic E-state index is 12.9. The van der Waals surface area contributed by atoms with Crippen LogP contribution in [-0.4, -0.2) is 31.2 Å². The van der Waals surface area contributed by atoms with Gasteiger partial charge in [-0.05, 0) is 42.0 Å². The molecule has 0 bridgehead atoms. The van der Waals surface area contributed by atoms with E-state index in [9.17, 15) is 4.79 Å². The molecule has 7 heteroatoms. The third kappa shape index (κ3) is 2.97. The van der Waals surface area contributed by atoms with Gasteiger partial charge in [0.25, 0.3) is 0 Å². The van der Waals surface area contributed by atoms with Gasteiger partial charge in [-0.15, -0.1) is 0 Å².